The molecule has 0 heterocycles. The van der Waals surface area contributed by atoms with Crippen LogP contribution in [0, 0.1) is 0 Å². The number of hydrogen-bond donors (Lipinski definition) is 2. The van der Waals surface area contributed by atoms with E-state index in [4.69, 9.17) is 10.2 Å². The van der Waals surface area contributed by atoms with Gasteiger partial charge in [-0.25, -0.2) is 0 Å². The molecule has 0 amide bonds. The monoisotopic (exact) mass is 242 g/mol. The van der Waals surface area contributed by atoms with Crippen molar-refractivity contribution in [2.75, 3.05) is 6.61 Å². The van der Waals surface area contributed by atoms with Gasteiger partial charge in [0.1, 0.15) is 0 Å². The van der Waals surface area contributed by atoms with Gasteiger partial charge in [-0.05, 0) is 19.3 Å². The zero-order valence-corrected chi connectivity index (χ0v) is 7.34. The highest BCUT2D eigenvalue weighted by Crippen LogP contribution is 2.48. The number of alkyl halides is 1. The maximum atomic E-state index is 8.98. The van der Waals surface area contributed by atoms with Crippen molar-refractivity contribution in [3.8, 4) is 0 Å². The Bertz CT molecular complexity index is 101. The molecular weight excluding hydrogens is 231 g/mol. The van der Waals surface area contributed by atoms with Crippen LogP contribution in [-0.2, 0) is 0 Å². The summed E-state index contributed by atoms with van der Waals surface area (Å²) in [6.45, 7) is -0.0925. The van der Waals surface area contributed by atoms with E-state index in [1.165, 1.54) is 12.8 Å². The number of aliphatic hydroxyl groups excluding tert-OH is 2. The van der Waals surface area contributed by atoms with Crippen LogP contribution >= 0.6 is 22.6 Å². The van der Waals surface area contributed by atoms with Crippen molar-refractivity contribution >= 4 is 22.6 Å². The van der Waals surface area contributed by atoms with Crippen LogP contribution in [0.3, 0.4) is 0 Å². The molecule has 1 rings (SSSR count). The lowest BCUT2D eigenvalue weighted by Crippen LogP contribution is -2.17. The van der Waals surface area contributed by atoms with E-state index in [0.717, 1.165) is 6.42 Å². The SMILES string of the molecule is OC[C@H](O)CC1(I)CC1. The van der Waals surface area contributed by atoms with Gasteiger partial charge in [0.25, 0.3) is 0 Å². The van der Waals surface area contributed by atoms with E-state index in [-0.39, 0.29) is 6.61 Å². The van der Waals surface area contributed by atoms with Crippen molar-refractivity contribution in [1.29, 1.82) is 0 Å². The average molecular weight is 242 g/mol. The first-order chi connectivity index (χ1) is 4.16. The summed E-state index contributed by atoms with van der Waals surface area (Å²) in [6.07, 6.45) is 2.66. The fourth-order valence-corrected chi connectivity index (χ4v) is 1.60. The summed E-state index contributed by atoms with van der Waals surface area (Å²) in [5, 5.41) is 17.5. The van der Waals surface area contributed by atoms with Gasteiger partial charge in [-0.3, -0.25) is 0 Å². The average Bonchev–Trinajstić information content (AvgIpc) is 2.48. The summed E-state index contributed by atoms with van der Waals surface area (Å²) in [6, 6.07) is 0. The molecule has 1 aliphatic rings. The fraction of sp³-hybridized carbons (Fsp3) is 1.00. The Kier molecular flexibility index (Phi) is 2.34. The Balaban J connectivity index is 2.17. The van der Waals surface area contributed by atoms with Crippen LogP contribution in [-0.4, -0.2) is 26.3 Å². The molecule has 0 aromatic carbocycles. The lowest BCUT2D eigenvalue weighted by molar-refractivity contribution is 0.0875. The molecule has 0 radical (unpaired) electrons. The first-order valence-corrected chi connectivity index (χ1v) is 4.22. The van der Waals surface area contributed by atoms with Crippen LogP contribution in [0.5, 0.6) is 0 Å². The van der Waals surface area contributed by atoms with Crippen LogP contribution in [0.15, 0.2) is 0 Å². The summed E-state index contributed by atoms with van der Waals surface area (Å²) < 4.78 is 0.333. The summed E-state index contributed by atoms with van der Waals surface area (Å²) in [7, 11) is 0. The fourth-order valence-electron chi connectivity index (χ4n) is 0.827. The summed E-state index contributed by atoms with van der Waals surface area (Å²) in [5.41, 5.74) is 0. The van der Waals surface area contributed by atoms with E-state index in [1.807, 2.05) is 0 Å². The van der Waals surface area contributed by atoms with Gasteiger partial charge in [-0.2, -0.15) is 0 Å². The quantitative estimate of drug-likeness (QED) is 0.564. The second-order valence-corrected chi connectivity index (χ2v) is 4.98. The normalized spacial score (nSPS) is 25.7. The maximum absolute atomic E-state index is 8.98. The number of halogens is 1. The molecule has 0 saturated heterocycles. The maximum Gasteiger partial charge on any atom is 0.0783 e. The Labute approximate surface area is 68.4 Å². The first-order valence-electron chi connectivity index (χ1n) is 3.14. The number of hydrogen-bond acceptors (Lipinski definition) is 2. The molecule has 0 aromatic heterocycles. The minimum atomic E-state index is -0.496. The van der Waals surface area contributed by atoms with Crippen LogP contribution in [0.2, 0.25) is 0 Å². The van der Waals surface area contributed by atoms with Crippen molar-refractivity contribution in [2.24, 2.45) is 0 Å². The highest BCUT2D eigenvalue weighted by atomic mass is 127. The second kappa shape index (κ2) is 2.72. The largest absolute Gasteiger partial charge is 0.394 e. The third-order valence-corrected chi connectivity index (χ3v) is 3.12. The lowest BCUT2D eigenvalue weighted by atomic mass is 10.2. The van der Waals surface area contributed by atoms with Crippen LogP contribution in [0.25, 0.3) is 0 Å². The standard InChI is InChI=1S/C6H11IO2/c7-6(1-2-6)3-5(9)4-8/h5,8-9H,1-4H2/t5-/m1/s1. The first kappa shape index (κ1) is 7.75. The van der Waals surface area contributed by atoms with E-state index in [2.05, 4.69) is 22.6 Å². The van der Waals surface area contributed by atoms with Gasteiger partial charge in [0.05, 0.1) is 12.7 Å². The smallest absolute Gasteiger partial charge is 0.0783 e. The lowest BCUT2D eigenvalue weighted by Gasteiger charge is -2.09. The van der Waals surface area contributed by atoms with E-state index < -0.39 is 6.10 Å². The van der Waals surface area contributed by atoms with Crippen molar-refractivity contribution in [3.05, 3.63) is 0 Å². The molecule has 0 bridgehead atoms. The van der Waals surface area contributed by atoms with E-state index in [1.54, 1.807) is 0 Å². The number of rotatable bonds is 3. The Morgan fingerprint density at radius 1 is 1.56 bits per heavy atom. The van der Waals surface area contributed by atoms with Gasteiger partial charge in [0.15, 0.2) is 0 Å². The zero-order chi connectivity index (χ0) is 6.91. The molecule has 1 aliphatic carbocycles. The van der Waals surface area contributed by atoms with Gasteiger partial charge < -0.3 is 10.2 Å². The molecule has 1 atom stereocenters. The molecule has 0 aromatic rings. The van der Waals surface area contributed by atoms with E-state index in [9.17, 15) is 0 Å². The molecule has 0 aliphatic heterocycles. The Morgan fingerprint density at radius 2 is 2.11 bits per heavy atom. The highest BCUT2D eigenvalue weighted by Gasteiger charge is 2.40. The van der Waals surface area contributed by atoms with Gasteiger partial charge in [0.2, 0.25) is 0 Å². The van der Waals surface area contributed by atoms with Crippen molar-refractivity contribution in [3.63, 3.8) is 0 Å². The second-order valence-electron chi connectivity index (χ2n) is 2.69. The van der Waals surface area contributed by atoms with E-state index in [0.29, 0.717) is 3.42 Å². The minimum Gasteiger partial charge on any atom is -0.394 e. The summed E-state index contributed by atoms with van der Waals surface area (Å²) in [4.78, 5) is 0. The molecule has 1 fully saturated rings. The van der Waals surface area contributed by atoms with Crippen molar-refractivity contribution in [1.82, 2.24) is 0 Å². The predicted octanol–water partition coefficient (Wildman–Crippen LogP) is 0.697. The molecule has 9 heavy (non-hydrogen) atoms. The predicted molar refractivity (Wildman–Crippen MR) is 43.7 cm³/mol. The van der Waals surface area contributed by atoms with Crippen molar-refractivity contribution < 1.29 is 10.2 Å². The Morgan fingerprint density at radius 3 is 2.44 bits per heavy atom. The van der Waals surface area contributed by atoms with Gasteiger partial charge >= 0.3 is 0 Å². The summed E-state index contributed by atoms with van der Waals surface area (Å²) >= 11 is 2.36. The third-order valence-electron chi connectivity index (χ3n) is 1.60. The van der Waals surface area contributed by atoms with Crippen molar-refractivity contribution in [2.45, 2.75) is 28.8 Å². The van der Waals surface area contributed by atoms with Crippen LogP contribution in [0.4, 0.5) is 0 Å². The molecule has 0 unspecified atom stereocenters. The molecule has 2 nitrogen and oxygen atoms in total. The molecule has 0 spiro atoms. The third kappa shape index (κ3) is 2.39. The molecule has 1 saturated carbocycles. The zero-order valence-electron chi connectivity index (χ0n) is 5.18. The van der Waals surface area contributed by atoms with Gasteiger partial charge in [-0.15, -0.1) is 0 Å². The topological polar surface area (TPSA) is 40.5 Å². The molecule has 54 valence electrons. The molecular formula is C6H11IO2. The molecule has 2 N–H and O–H groups in total. The van der Waals surface area contributed by atoms with E-state index >= 15 is 0 Å². The number of aliphatic hydroxyl groups is 2. The summed E-state index contributed by atoms with van der Waals surface area (Å²) in [5.74, 6) is 0. The minimum absolute atomic E-state index is 0.0925. The van der Waals surface area contributed by atoms with Crippen LogP contribution < -0.4 is 0 Å². The molecule has 3 heteroatoms. The van der Waals surface area contributed by atoms with Gasteiger partial charge in [-0.1, -0.05) is 22.6 Å². The highest BCUT2D eigenvalue weighted by molar-refractivity contribution is 14.1. The van der Waals surface area contributed by atoms with Crippen LogP contribution in [0.1, 0.15) is 19.3 Å². The van der Waals surface area contributed by atoms with Gasteiger partial charge in [0, 0.05) is 3.42 Å². The Hall–Kier alpha value is 0.650.